The van der Waals surface area contributed by atoms with Gasteiger partial charge in [-0.25, -0.2) is 4.31 Å². The van der Waals surface area contributed by atoms with Gasteiger partial charge in [-0.3, -0.25) is 14.9 Å². The van der Waals surface area contributed by atoms with Crippen molar-refractivity contribution in [1.82, 2.24) is 20.3 Å². The molecule has 1 aliphatic carbocycles. The number of amides is 2. The predicted molar refractivity (Wildman–Crippen MR) is 201 cm³/mol. The average Bonchev–Trinajstić information content (AvgIpc) is 3.04. The molecule has 6 N–H and O–H groups in total. The van der Waals surface area contributed by atoms with Crippen molar-refractivity contribution < 1.29 is 19.4 Å². The van der Waals surface area contributed by atoms with E-state index in [4.69, 9.17) is 10.5 Å². The number of ether oxygens (including phenoxy) is 1. The molecule has 1 saturated carbocycles. The fourth-order valence-corrected chi connectivity index (χ4v) is 6.64. The van der Waals surface area contributed by atoms with Crippen LogP contribution >= 0.6 is 11.9 Å². The van der Waals surface area contributed by atoms with Crippen LogP contribution in [0.1, 0.15) is 65.0 Å². The van der Waals surface area contributed by atoms with Crippen molar-refractivity contribution in [3.8, 4) is 5.75 Å². The lowest BCUT2D eigenvalue weighted by atomic mass is 9.71. The zero-order chi connectivity index (χ0) is 35.8. The van der Waals surface area contributed by atoms with Crippen molar-refractivity contribution in [1.29, 1.82) is 0 Å². The minimum absolute atomic E-state index is 0.0904. The van der Waals surface area contributed by atoms with Gasteiger partial charge in [0.15, 0.2) is 0 Å². The minimum atomic E-state index is -0.854. The van der Waals surface area contributed by atoms with E-state index in [1.807, 2.05) is 72.8 Å². The average molecular weight is 692 g/mol. The van der Waals surface area contributed by atoms with Crippen molar-refractivity contribution in [3.63, 3.8) is 0 Å². The van der Waals surface area contributed by atoms with Gasteiger partial charge in [0, 0.05) is 29.2 Å². The molecule has 1 fully saturated rings. The number of aliphatic hydroxyl groups is 1. The predicted octanol–water partition coefficient (Wildman–Crippen LogP) is 5.78. The quantitative estimate of drug-likeness (QED) is 0.0891. The SMILES string of the molecule is CC(C)C.COc1cccc(C2(NCC(=O)NCC(=O)N[C@@H](Cc3ccccc3)[C@H](O)CN(CC(C)C)Sc3ccc(N)cc3)CCC2)c1. The van der Waals surface area contributed by atoms with Crippen LogP contribution in [0.25, 0.3) is 0 Å². The Kier molecular flexibility index (Phi) is 16.4. The zero-order valence-electron chi connectivity index (χ0n) is 30.1. The molecule has 2 atom stereocenters. The van der Waals surface area contributed by atoms with Gasteiger partial charge >= 0.3 is 0 Å². The summed E-state index contributed by atoms with van der Waals surface area (Å²) in [6, 6.07) is 24.8. The first-order chi connectivity index (χ1) is 23.4. The van der Waals surface area contributed by atoms with Crippen LogP contribution in [0, 0.1) is 11.8 Å². The molecule has 1 aliphatic rings. The summed E-state index contributed by atoms with van der Waals surface area (Å²) < 4.78 is 7.51. The molecule has 0 aromatic heterocycles. The van der Waals surface area contributed by atoms with Gasteiger partial charge in [0.25, 0.3) is 0 Å². The number of aliphatic hydroxyl groups excluding tert-OH is 1. The molecule has 0 spiro atoms. The van der Waals surface area contributed by atoms with Gasteiger partial charge in [0.1, 0.15) is 5.75 Å². The van der Waals surface area contributed by atoms with Crippen molar-refractivity contribution in [3.05, 3.63) is 90.0 Å². The van der Waals surface area contributed by atoms with E-state index >= 15 is 0 Å². The molecule has 10 heteroatoms. The molecule has 0 unspecified atom stereocenters. The van der Waals surface area contributed by atoms with Crippen LogP contribution in [0.4, 0.5) is 5.69 Å². The Labute approximate surface area is 297 Å². The van der Waals surface area contributed by atoms with Gasteiger partial charge in [-0.15, -0.1) is 0 Å². The molecule has 0 aliphatic heterocycles. The van der Waals surface area contributed by atoms with Gasteiger partial charge in [-0.2, -0.15) is 0 Å². The number of methoxy groups -OCH3 is 1. The second-order valence-electron chi connectivity index (χ2n) is 13.9. The molecule has 4 rings (SSSR count). The molecule has 3 aromatic rings. The highest BCUT2D eigenvalue weighted by Crippen LogP contribution is 2.42. The molecule has 268 valence electrons. The molecular weight excluding hydrogens is 635 g/mol. The summed E-state index contributed by atoms with van der Waals surface area (Å²) in [6.07, 6.45) is 2.53. The number of nitrogens with two attached hydrogens (primary N) is 1. The lowest BCUT2D eigenvalue weighted by Gasteiger charge is -2.43. The number of nitrogens with one attached hydrogen (secondary N) is 3. The van der Waals surface area contributed by atoms with Crippen LogP contribution in [-0.4, -0.2) is 66.7 Å². The number of nitrogen functional groups attached to an aromatic ring is 1. The van der Waals surface area contributed by atoms with E-state index in [-0.39, 0.29) is 30.4 Å². The maximum absolute atomic E-state index is 13.1. The monoisotopic (exact) mass is 691 g/mol. The Bertz CT molecular complexity index is 1410. The summed E-state index contributed by atoms with van der Waals surface area (Å²) in [5, 5.41) is 20.6. The van der Waals surface area contributed by atoms with E-state index < -0.39 is 12.1 Å². The summed E-state index contributed by atoms with van der Waals surface area (Å²) in [5.74, 6) is 1.37. The number of nitrogens with zero attached hydrogens (tertiary/aromatic N) is 1. The van der Waals surface area contributed by atoms with E-state index in [9.17, 15) is 14.7 Å². The maximum atomic E-state index is 13.1. The maximum Gasteiger partial charge on any atom is 0.239 e. The summed E-state index contributed by atoms with van der Waals surface area (Å²) >= 11 is 1.56. The van der Waals surface area contributed by atoms with Crippen molar-refractivity contribution in [2.75, 3.05) is 39.0 Å². The van der Waals surface area contributed by atoms with E-state index in [1.54, 1.807) is 19.1 Å². The molecule has 2 amide bonds. The van der Waals surface area contributed by atoms with Crippen LogP contribution in [0.2, 0.25) is 0 Å². The van der Waals surface area contributed by atoms with E-state index in [2.05, 4.69) is 60.9 Å². The highest BCUT2D eigenvalue weighted by atomic mass is 32.2. The number of carbonyl (C=O) groups excluding carboxylic acids is 2. The third-order valence-corrected chi connectivity index (χ3v) is 9.09. The summed E-state index contributed by atoms with van der Waals surface area (Å²) in [5.41, 5.74) is 8.38. The standard InChI is InChI=1S/C35H47N5O4S.C4H10/c1-25(2)23-40(45-30-15-13-28(36)14-16-30)24-32(41)31(19-26-9-5-4-6-10-26)39-34(43)21-37-33(42)22-38-35(17-8-18-35)27-11-7-12-29(20-27)44-3;1-4(2)3/h4-7,9-16,20,25,31-32,38,41H,8,17-19,21-24,36H2,1-3H3,(H,37,42)(H,39,43);4H,1-3H3/t31-,32+;/m0./s1. The van der Waals surface area contributed by atoms with Crippen molar-refractivity contribution in [2.45, 2.75) is 82.9 Å². The molecule has 9 nitrogen and oxygen atoms in total. The van der Waals surface area contributed by atoms with Crippen LogP contribution in [-0.2, 0) is 21.5 Å². The second-order valence-corrected chi connectivity index (χ2v) is 15.0. The second kappa shape index (κ2) is 20.2. The fourth-order valence-electron chi connectivity index (χ4n) is 5.49. The Morgan fingerprint density at radius 2 is 1.59 bits per heavy atom. The van der Waals surface area contributed by atoms with Gasteiger partial charge < -0.3 is 26.2 Å². The summed E-state index contributed by atoms with van der Waals surface area (Å²) in [7, 11) is 1.64. The molecular formula is C39H57N5O4S. The van der Waals surface area contributed by atoms with E-state index in [1.165, 1.54) is 0 Å². The van der Waals surface area contributed by atoms with Gasteiger partial charge in [0.05, 0.1) is 32.3 Å². The minimum Gasteiger partial charge on any atom is -0.497 e. The van der Waals surface area contributed by atoms with Crippen molar-refractivity contribution >= 4 is 29.4 Å². The summed E-state index contributed by atoms with van der Waals surface area (Å²) in [6.45, 7) is 11.8. The van der Waals surface area contributed by atoms with Gasteiger partial charge in [-0.05, 0) is 97.0 Å². The summed E-state index contributed by atoms with van der Waals surface area (Å²) in [4.78, 5) is 26.9. The number of rotatable bonds is 17. The highest BCUT2D eigenvalue weighted by molar-refractivity contribution is 7.97. The molecule has 0 heterocycles. The number of anilines is 1. The Morgan fingerprint density at radius 1 is 0.918 bits per heavy atom. The van der Waals surface area contributed by atoms with Gasteiger partial charge in [-0.1, -0.05) is 77.1 Å². The highest BCUT2D eigenvalue weighted by Gasteiger charge is 2.38. The van der Waals surface area contributed by atoms with E-state index in [0.717, 1.165) is 53.5 Å². The zero-order valence-corrected chi connectivity index (χ0v) is 30.9. The lowest BCUT2D eigenvalue weighted by molar-refractivity contribution is -0.126. The largest absolute Gasteiger partial charge is 0.497 e. The molecule has 0 radical (unpaired) electrons. The molecule has 0 bridgehead atoms. The Hall–Kier alpha value is -3.57. The Morgan fingerprint density at radius 3 is 2.18 bits per heavy atom. The Balaban J connectivity index is 0.00000154. The molecule has 3 aromatic carbocycles. The van der Waals surface area contributed by atoms with E-state index in [0.29, 0.717) is 24.6 Å². The number of carbonyl (C=O) groups is 2. The fraction of sp³-hybridized carbons (Fsp3) is 0.487. The normalized spacial score (nSPS) is 14.7. The smallest absolute Gasteiger partial charge is 0.239 e. The lowest BCUT2D eigenvalue weighted by Crippen LogP contribution is -2.53. The first-order valence-electron chi connectivity index (χ1n) is 17.3. The number of benzene rings is 3. The number of hydrogen-bond donors (Lipinski definition) is 5. The topological polar surface area (TPSA) is 129 Å². The first kappa shape index (κ1) is 39.9. The first-order valence-corrected chi connectivity index (χ1v) is 18.1. The third-order valence-electron chi connectivity index (χ3n) is 8.05. The van der Waals surface area contributed by atoms with Crippen LogP contribution in [0.5, 0.6) is 5.75 Å². The van der Waals surface area contributed by atoms with Crippen molar-refractivity contribution in [2.24, 2.45) is 11.8 Å². The molecule has 49 heavy (non-hydrogen) atoms. The third kappa shape index (κ3) is 14.1. The molecule has 0 saturated heterocycles. The van der Waals surface area contributed by atoms with Crippen LogP contribution in [0.3, 0.4) is 0 Å². The van der Waals surface area contributed by atoms with Crippen LogP contribution < -0.4 is 26.4 Å². The van der Waals surface area contributed by atoms with Crippen LogP contribution in [0.15, 0.2) is 83.8 Å². The number of hydrogen-bond acceptors (Lipinski definition) is 8. The van der Waals surface area contributed by atoms with Gasteiger partial charge in [0.2, 0.25) is 11.8 Å².